The summed E-state index contributed by atoms with van der Waals surface area (Å²) in [5, 5.41) is 4.95. The first kappa shape index (κ1) is 18.8. The Balaban J connectivity index is 1.60. The van der Waals surface area contributed by atoms with Gasteiger partial charge in [0, 0.05) is 25.4 Å². The number of hydrogen-bond donors (Lipinski definition) is 1. The summed E-state index contributed by atoms with van der Waals surface area (Å²) in [7, 11) is -3.43. The highest BCUT2D eigenvalue weighted by Crippen LogP contribution is 2.23. The summed E-state index contributed by atoms with van der Waals surface area (Å²) in [5.41, 5.74) is 0.698. The van der Waals surface area contributed by atoms with Crippen molar-refractivity contribution in [1.29, 1.82) is 0 Å². The van der Waals surface area contributed by atoms with Crippen molar-refractivity contribution in [1.82, 2.24) is 9.29 Å². The zero-order valence-corrected chi connectivity index (χ0v) is 16.1. The zero-order chi connectivity index (χ0) is 18.6. The van der Waals surface area contributed by atoms with Crippen LogP contribution in [0, 0.1) is 0 Å². The topological polar surface area (TPSA) is 88.6 Å². The van der Waals surface area contributed by atoms with Gasteiger partial charge in [-0.2, -0.15) is 4.31 Å². The van der Waals surface area contributed by atoms with E-state index in [2.05, 4.69) is 10.3 Å². The highest BCUT2D eigenvalue weighted by Gasteiger charge is 2.25. The van der Waals surface area contributed by atoms with Crippen molar-refractivity contribution in [3.05, 3.63) is 35.3 Å². The van der Waals surface area contributed by atoms with E-state index in [1.165, 1.54) is 18.3 Å². The van der Waals surface area contributed by atoms with E-state index < -0.39 is 10.0 Å². The molecule has 140 valence electrons. The third kappa shape index (κ3) is 4.60. The van der Waals surface area contributed by atoms with Gasteiger partial charge in [0.2, 0.25) is 15.9 Å². The fourth-order valence-electron chi connectivity index (χ4n) is 2.70. The lowest BCUT2D eigenvalue weighted by molar-refractivity contribution is -0.114. The van der Waals surface area contributed by atoms with E-state index in [9.17, 15) is 13.2 Å². The van der Waals surface area contributed by atoms with Gasteiger partial charge >= 0.3 is 0 Å². The summed E-state index contributed by atoms with van der Waals surface area (Å²) >= 11 is 1.33. The molecular formula is C17H21N3O4S2. The molecule has 0 aliphatic carbocycles. The van der Waals surface area contributed by atoms with Gasteiger partial charge in [0.15, 0.2) is 5.13 Å². The lowest BCUT2D eigenvalue weighted by Gasteiger charge is -2.25. The normalized spacial score (nSPS) is 15.6. The average Bonchev–Trinajstić information content (AvgIpc) is 3.08. The molecule has 1 aromatic carbocycles. The van der Waals surface area contributed by atoms with Crippen molar-refractivity contribution < 1.29 is 17.9 Å². The van der Waals surface area contributed by atoms with Gasteiger partial charge in [0.05, 0.1) is 10.6 Å². The van der Waals surface area contributed by atoms with Gasteiger partial charge in [-0.05, 0) is 37.1 Å². The number of hydrogen-bond acceptors (Lipinski definition) is 6. The predicted molar refractivity (Wildman–Crippen MR) is 99.8 cm³/mol. The quantitative estimate of drug-likeness (QED) is 0.812. The van der Waals surface area contributed by atoms with Crippen LogP contribution in [0.15, 0.2) is 34.5 Å². The Morgan fingerprint density at radius 2 is 1.92 bits per heavy atom. The molecule has 0 bridgehead atoms. The number of sulfonamides is 1. The fourth-order valence-corrected chi connectivity index (χ4v) is 4.96. The molecule has 9 heteroatoms. The van der Waals surface area contributed by atoms with E-state index in [4.69, 9.17) is 4.74 Å². The molecule has 1 N–H and O–H groups in total. The van der Waals surface area contributed by atoms with Crippen molar-refractivity contribution in [2.24, 2.45) is 0 Å². The third-order valence-electron chi connectivity index (χ3n) is 4.00. The highest BCUT2D eigenvalue weighted by atomic mass is 32.2. The number of nitrogens with zero attached hydrogens (tertiary/aromatic N) is 2. The Morgan fingerprint density at radius 3 is 2.58 bits per heavy atom. The Morgan fingerprint density at radius 1 is 1.23 bits per heavy atom. The number of rotatable bonds is 6. The van der Waals surface area contributed by atoms with Crippen molar-refractivity contribution in [3.63, 3.8) is 0 Å². The largest absolute Gasteiger partial charge is 0.487 e. The van der Waals surface area contributed by atoms with Crippen molar-refractivity contribution in [3.8, 4) is 5.75 Å². The van der Waals surface area contributed by atoms with Crippen LogP contribution in [0.5, 0.6) is 5.75 Å². The summed E-state index contributed by atoms with van der Waals surface area (Å²) in [6.45, 7) is 2.84. The maximum absolute atomic E-state index is 12.6. The van der Waals surface area contributed by atoms with Gasteiger partial charge in [0.1, 0.15) is 12.4 Å². The Labute approximate surface area is 157 Å². The standard InChI is InChI=1S/C17H21N3O4S2/c1-13(21)18-17-19-14(12-25-17)11-24-15-5-7-16(8-6-15)26(22,23)20-9-3-2-4-10-20/h5-8,12H,2-4,9-11H2,1H3,(H,18,19,21). The molecule has 1 fully saturated rings. The second-order valence-corrected chi connectivity index (χ2v) is 8.85. The van der Waals surface area contributed by atoms with Crippen LogP contribution in [0.3, 0.4) is 0 Å². The lowest BCUT2D eigenvalue weighted by Crippen LogP contribution is -2.35. The van der Waals surface area contributed by atoms with E-state index in [1.807, 2.05) is 0 Å². The Hall–Kier alpha value is -1.97. The van der Waals surface area contributed by atoms with Gasteiger partial charge in [-0.3, -0.25) is 4.79 Å². The third-order valence-corrected chi connectivity index (χ3v) is 6.72. The molecule has 26 heavy (non-hydrogen) atoms. The minimum absolute atomic E-state index is 0.169. The molecular weight excluding hydrogens is 374 g/mol. The number of piperidine rings is 1. The average molecular weight is 396 g/mol. The highest BCUT2D eigenvalue weighted by molar-refractivity contribution is 7.89. The number of benzene rings is 1. The summed E-state index contributed by atoms with van der Waals surface area (Å²) in [5.74, 6) is 0.397. The number of aromatic nitrogens is 1. The number of amides is 1. The zero-order valence-electron chi connectivity index (χ0n) is 14.5. The molecule has 1 saturated heterocycles. The maximum Gasteiger partial charge on any atom is 0.243 e. The molecule has 1 amide bonds. The van der Waals surface area contributed by atoms with Crippen LogP contribution < -0.4 is 10.1 Å². The lowest BCUT2D eigenvalue weighted by atomic mass is 10.2. The summed E-state index contributed by atoms with van der Waals surface area (Å²) in [6, 6.07) is 6.45. The summed E-state index contributed by atoms with van der Waals surface area (Å²) in [4.78, 5) is 15.5. The molecule has 2 aromatic rings. The number of thiazole rings is 1. The van der Waals surface area contributed by atoms with Gasteiger partial charge in [-0.25, -0.2) is 13.4 Å². The number of carbonyl (C=O) groups excluding carboxylic acids is 1. The molecule has 0 spiro atoms. The molecule has 0 saturated carbocycles. The summed E-state index contributed by atoms with van der Waals surface area (Å²) < 4.78 is 32.4. The van der Waals surface area contributed by atoms with Crippen LogP contribution in [0.2, 0.25) is 0 Å². The molecule has 1 aliphatic rings. The number of anilines is 1. The van der Waals surface area contributed by atoms with E-state index in [1.54, 1.807) is 34.0 Å². The van der Waals surface area contributed by atoms with Crippen LogP contribution in [0.25, 0.3) is 0 Å². The van der Waals surface area contributed by atoms with Gasteiger partial charge < -0.3 is 10.1 Å². The van der Waals surface area contributed by atoms with Crippen LogP contribution >= 0.6 is 11.3 Å². The second kappa shape index (κ2) is 8.15. The maximum atomic E-state index is 12.6. The molecule has 0 radical (unpaired) electrons. The molecule has 0 unspecified atom stereocenters. The van der Waals surface area contributed by atoms with Crippen LogP contribution in [0.4, 0.5) is 5.13 Å². The first-order chi connectivity index (χ1) is 12.4. The minimum Gasteiger partial charge on any atom is -0.487 e. The minimum atomic E-state index is -3.43. The molecule has 7 nitrogen and oxygen atoms in total. The predicted octanol–water partition coefficient (Wildman–Crippen LogP) is 2.86. The van der Waals surface area contributed by atoms with E-state index in [0.29, 0.717) is 29.7 Å². The van der Waals surface area contributed by atoms with Gasteiger partial charge in [-0.15, -0.1) is 11.3 Å². The molecule has 1 aliphatic heterocycles. The molecule has 3 rings (SSSR count). The fraction of sp³-hybridized carbons (Fsp3) is 0.412. The van der Waals surface area contributed by atoms with Crippen molar-refractivity contribution >= 4 is 32.4 Å². The van der Waals surface area contributed by atoms with Gasteiger partial charge in [-0.1, -0.05) is 6.42 Å². The van der Waals surface area contributed by atoms with E-state index in [0.717, 1.165) is 19.3 Å². The number of nitrogens with one attached hydrogen (secondary N) is 1. The molecule has 1 aromatic heterocycles. The van der Waals surface area contributed by atoms with E-state index >= 15 is 0 Å². The van der Waals surface area contributed by atoms with Crippen LogP contribution in [-0.4, -0.2) is 36.7 Å². The number of carbonyl (C=O) groups is 1. The van der Waals surface area contributed by atoms with Crippen LogP contribution in [0.1, 0.15) is 31.9 Å². The number of ether oxygens (including phenoxy) is 1. The Bertz CT molecular complexity index is 856. The van der Waals surface area contributed by atoms with Gasteiger partial charge in [0.25, 0.3) is 0 Å². The smallest absolute Gasteiger partial charge is 0.243 e. The summed E-state index contributed by atoms with van der Waals surface area (Å²) in [6.07, 6.45) is 2.90. The monoisotopic (exact) mass is 395 g/mol. The van der Waals surface area contributed by atoms with Crippen LogP contribution in [-0.2, 0) is 21.4 Å². The molecule has 0 atom stereocenters. The second-order valence-electron chi connectivity index (χ2n) is 6.05. The SMILES string of the molecule is CC(=O)Nc1nc(COc2ccc(S(=O)(=O)N3CCCCC3)cc2)cs1. The first-order valence-corrected chi connectivity index (χ1v) is 10.7. The van der Waals surface area contributed by atoms with Crippen molar-refractivity contribution in [2.45, 2.75) is 37.7 Å². The Kier molecular flexibility index (Phi) is 5.90. The first-order valence-electron chi connectivity index (χ1n) is 8.40. The van der Waals surface area contributed by atoms with Crippen molar-refractivity contribution in [2.75, 3.05) is 18.4 Å². The molecule has 2 heterocycles. The van der Waals surface area contributed by atoms with E-state index in [-0.39, 0.29) is 17.4 Å².